The van der Waals surface area contributed by atoms with Gasteiger partial charge >= 0.3 is 5.97 Å². The van der Waals surface area contributed by atoms with Gasteiger partial charge in [-0.15, -0.1) is 0 Å². The maximum absolute atomic E-state index is 14.0. The lowest BCUT2D eigenvalue weighted by Crippen LogP contribution is -2.55. The molecule has 0 radical (unpaired) electrons. The Morgan fingerprint density at radius 2 is 1.66 bits per heavy atom. The fraction of sp³-hybridized carbons (Fsp3) is 0.392. The molecule has 2 aromatic carbocycles. The number of aromatic nitrogens is 4. The molecule has 8 rings (SSSR count). The number of ether oxygens (including phenoxy) is 3. The van der Waals surface area contributed by atoms with Crippen molar-refractivity contribution in [1.82, 2.24) is 35.5 Å². The van der Waals surface area contributed by atoms with Crippen LogP contribution in [0.1, 0.15) is 88.0 Å². The van der Waals surface area contributed by atoms with Crippen LogP contribution in [0.25, 0.3) is 33.4 Å². The molecule has 4 amide bonds. The zero-order valence-electron chi connectivity index (χ0n) is 40.6. The summed E-state index contributed by atoms with van der Waals surface area (Å²) in [5.74, 6) is 3.48. The van der Waals surface area contributed by atoms with Crippen molar-refractivity contribution in [3.8, 4) is 45.9 Å². The van der Waals surface area contributed by atoms with E-state index in [1.54, 1.807) is 61.7 Å². The zero-order valence-corrected chi connectivity index (χ0v) is 41.4. The number of aliphatic hydroxyl groups is 1. The van der Waals surface area contributed by atoms with Crippen LogP contribution in [-0.2, 0) is 57.3 Å². The Labute approximate surface area is 419 Å². The van der Waals surface area contributed by atoms with Crippen molar-refractivity contribution in [2.75, 3.05) is 31.5 Å². The number of esters is 1. The molecule has 382 valence electrons. The van der Waals surface area contributed by atoms with Crippen LogP contribution in [-0.4, -0.2) is 101 Å². The molecule has 0 bridgehead atoms. The number of fused-ring (bicyclic) bond motifs is 6. The molecule has 21 nitrogen and oxygen atoms in total. The van der Waals surface area contributed by atoms with Crippen LogP contribution >= 0.6 is 0 Å². The van der Waals surface area contributed by atoms with Gasteiger partial charge in [0.1, 0.15) is 18.7 Å². The number of cyclic esters (lactones) is 1. The maximum atomic E-state index is 14.0. The molecule has 73 heavy (non-hydrogen) atoms. The topological polar surface area (TPSA) is 302 Å². The van der Waals surface area contributed by atoms with E-state index >= 15 is 0 Å². The van der Waals surface area contributed by atoms with Crippen LogP contribution in [0.4, 0.5) is 5.69 Å². The maximum Gasteiger partial charge on any atom is 0.343 e. The Morgan fingerprint density at radius 3 is 2.34 bits per heavy atom. The second kappa shape index (κ2) is 21.5. The molecular formula is C51H55N9O12S. The van der Waals surface area contributed by atoms with Gasteiger partial charge in [0.15, 0.2) is 17.1 Å². The Hall–Kier alpha value is -7.74. The summed E-state index contributed by atoms with van der Waals surface area (Å²) in [5, 5.41) is 22.8. The first-order valence-corrected chi connectivity index (χ1v) is 25.7. The predicted molar refractivity (Wildman–Crippen MR) is 265 cm³/mol. The Bertz CT molecular complexity index is 3260. The molecule has 0 fully saturated rings. The van der Waals surface area contributed by atoms with Crippen LogP contribution in [0.15, 0.2) is 64.8 Å². The largest absolute Gasteiger partial charge is 0.458 e. The van der Waals surface area contributed by atoms with Crippen molar-refractivity contribution in [2.45, 2.75) is 102 Å². The lowest BCUT2D eigenvalue weighted by Gasteiger charge is -2.31. The van der Waals surface area contributed by atoms with Gasteiger partial charge < -0.3 is 50.9 Å². The highest BCUT2D eigenvalue weighted by atomic mass is 32.2. The molecule has 5 aromatic rings. The van der Waals surface area contributed by atoms with Gasteiger partial charge in [0.25, 0.3) is 5.56 Å². The number of anilines is 1. The van der Waals surface area contributed by atoms with Crippen LogP contribution in [0.2, 0.25) is 0 Å². The average molecular weight is 1020 g/mol. The number of carbonyl (C=O) groups excluding carboxylic acids is 5. The van der Waals surface area contributed by atoms with E-state index in [1.807, 2.05) is 6.07 Å². The number of nitrogens with two attached hydrogens (primary N) is 1. The van der Waals surface area contributed by atoms with E-state index in [2.05, 4.69) is 43.1 Å². The van der Waals surface area contributed by atoms with Gasteiger partial charge in [0, 0.05) is 59.8 Å². The zero-order chi connectivity index (χ0) is 52.2. The van der Waals surface area contributed by atoms with Gasteiger partial charge in [-0.3, -0.25) is 24.0 Å². The predicted octanol–water partition coefficient (Wildman–Crippen LogP) is 2.70. The Morgan fingerprint density at radius 1 is 0.932 bits per heavy atom. The number of amides is 4. The molecular weight excluding hydrogens is 963 g/mol. The molecule has 2 unspecified atom stereocenters. The molecule has 3 aliphatic rings. The number of hydrogen-bond acceptors (Lipinski definition) is 16. The van der Waals surface area contributed by atoms with Gasteiger partial charge in [-0.25, -0.2) is 28.2 Å². The van der Waals surface area contributed by atoms with Crippen molar-refractivity contribution >= 4 is 56.0 Å². The normalized spacial score (nSPS) is 16.0. The van der Waals surface area contributed by atoms with E-state index < -0.39 is 69.2 Å². The van der Waals surface area contributed by atoms with E-state index in [0.717, 1.165) is 11.8 Å². The standard InChI is InChI=1S/C51H55N9O12S/c1-5-51(67)35-20-38-45-33(25-60(38)48(65)34(35)26-70-49(51)66)43(32-19-39-40(72-27-71-39)21-37(32)57-45)30-14-16-31(17-15-30)56-42(62)24-53-46(63)36(12-9-10-18-52)58-47(64)44(28(2)3)59-41(61)13-8-6-7-11-29-22-54-50(55-23-29)73(4,68)69/h14-17,19-23,28,36,44,67H,5-6,8-10,12-13,18,24-27,52H2,1-4H3,(H,53,63)(H,56,62)(H,58,64)(H,59,61)/t36?,44?,51-/m0/s1. The van der Waals surface area contributed by atoms with Crippen molar-refractivity contribution in [3.05, 3.63) is 87.5 Å². The molecule has 0 saturated heterocycles. The molecule has 3 atom stereocenters. The SMILES string of the molecule is CC[C@@]1(O)C(=O)OCc2c1cc1n(c2=O)Cc2c-1nc1cc3c(cc1c2-c1ccc(NC(=O)CNC(=O)C(CCCCN)NC(=O)C(NC(=O)CCCC#Cc2cnc(S(C)(=O)=O)nc2)C(C)C)cc1)OCO3. The van der Waals surface area contributed by atoms with Gasteiger partial charge in [0.2, 0.25) is 45.4 Å². The molecule has 3 aromatic heterocycles. The fourth-order valence-corrected chi connectivity index (χ4v) is 9.38. The molecule has 6 heterocycles. The number of benzene rings is 2. The van der Waals surface area contributed by atoms with Gasteiger partial charge in [-0.2, -0.15) is 0 Å². The number of carbonyl (C=O) groups is 5. The van der Waals surface area contributed by atoms with E-state index in [0.29, 0.717) is 88.4 Å². The lowest BCUT2D eigenvalue weighted by atomic mass is 9.86. The summed E-state index contributed by atoms with van der Waals surface area (Å²) >= 11 is 0. The molecule has 0 spiro atoms. The first-order chi connectivity index (χ1) is 34.9. The summed E-state index contributed by atoms with van der Waals surface area (Å²) in [6, 6.07) is 10.2. The number of sulfone groups is 1. The van der Waals surface area contributed by atoms with E-state index in [9.17, 15) is 42.3 Å². The molecule has 22 heteroatoms. The van der Waals surface area contributed by atoms with Crippen LogP contribution < -0.4 is 42.0 Å². The third kappa shape index (κ3) is 11.0. The van der Waals surface area contributed by atoms with Crippen molar-refractivity contribution in [1.29, 1.82) is 0 Å². The third-order valence-electron chi connectivity index (χ3n) is 12.8. The number of rotatable bonds is 18. The van der Waals surface area contributed by atoms with E-state index in [4.69, 9.17) is 24.9 Å². The summed E-state index contributed by atoms with van der Waals surface area (Å²) in [5.41, 5.74) is 8.16. The van der Waals surface area contributed by atoms with Crippen molar-refractivity contribution in [2.24, 2.45) is 11.7 Å². The first-order valence-electron chi connectivity index (χ1n) is 23.8. The smallest absolute Gasteiger partial charge is 0.343 e. The van der Waals surface area contributed by atoms with E-state index in [-0.39, 0.29) is 61.4 Å². The average Bonchev–Trinajstić information content (AvgIpc) is 3.98. The quantitative estimate of drug-likeness (QED) is 0.0312. The third-order valence-corrected chi connectivity index (χ3v) is 13.7. The van der Waals surface area contributed by atoms with E-state index in [1.165, 1.54) is 12.4 Å². The number of pyridine rings is 2. The highest BCUT2D eigenvalue weighted by Crippen LogP contribution is 2.46. The summed E-state index contributed by atoms with van der Waals surface area (Å²) < 4.78 is 41.4. The number of nitrogens with zero attached hydrogens (tertiary/aromatic N) is 4. The minimum atomic E-state index is -3.54. The summed E-state index contributed by atoms with van der Waals surface area (Å²) in [7, 11) is -3.54. The summed E-state index contributed by atoms with van der Waals surface area (Å²) in [6.45, 7) is 4.99. The summed E-state index contributed by atoms with van der Waals surface area (Å²) in [6.07, 6.45) is 5.69. The highest BCUT2D eigenvalue weighted by Gasteiger charge is 2.45. The minimum Gasteiger partial charge on any atom is -0.458 e. The van der Waals surface area contributed by atoms with Crippen LogP contribution in [0, 0.1) is 17.8 Å². The monoisotopic (exact) mass is 1020 g/mol. The van der Waals surface area contributed by atoms with Crippen LogP contribution in [0.3, 0.4) is 0 Å². The summed E-state index contributed by atoms with van der Waals surface area (Å²) in [4.78, 5) is 92.9. The second-order valence-corrected chi connectivity index (χ2v) is 20.2. The minimum absolute atomic E-state index is 0.00427. The molecule has 0 saturated carbocycles. The number of unbranched alkanes of at least 4 members (excludes halogenated alkanes) is 2. The molecule has 0 aliphatic carbocycles. The molecule has 7 N–H and O–H groups in total. The van der Waals surface area contributed by atoms with Crippen LogP contribution in [0.5, 0.6) is 11.5 Å². The first kappa shape index (κ1) is 51.6. The Balaban J connectivity index is 0.916. The highest BCUT2D eigenvalue weighted by molar-refractivity contribution is 7.90. The van der Waals surface area contributed by atoms with Crippen molar-refractivity contribution < 1.29 is 51.7 Å². The van der Waals surface area contributed by atoms with Gasteiger partial charge in [0.05, 0.1) is 41.1 Å². The fourth-order valence-electron chi connectivity index (χ4n) is 8.89. The lowest BCUT2D eigenvalue weighted by molar-refractivity contribution is -0.172. The van der Waals surface area contributed by atoms with Gasteiger partial charge in [-0.05, 0) is 80.0 Å². The van der Waals surface area contributed by atoms with Gasteiger partial charge in [-0.1, -0.05) is 44.7 Å². The second-order valence-electron chi connectivity index (χ2n) is 18.3. The molecule has 3 aliphatic heterocycles. The van der Waals surface area contributed by atoms with Crippen molar-refractivity contribution in [3.63, 3.8) is 0 Å². The number of nitrogens with one attached hydrogen (secondary N) is 4. The Kier molecular flexibility index (Phi) is 15.2. The number of hydrogen-bond donors (Lipinski definition) is 6.